The molecule has 100 valence electrons. The van der Waals surface area contributed by atoms with Gasteiger partial charge in [0, 0.05) is 44.6 Å². The molecule has 0 radical (unpaired) electrons. The third-order valence-electron chi connectivity index (χ3n) is 2.89. The van der Waals surface area contributed by atoms with Crippen LogP contribution in [-0.2, 0) is 0 Å². The van der Waals surface area contributed by atoms with Crippen LogP contribution >= 0.6 is 37.2 Å². The maximum atomic E-state index is 4.04. The molecule has 6 heteroatoms. The fourth-order valence-electron chi connectivity index (χ4n) is 1.92. The van der Waals surface area contributed by atoms with E-state index in [1.54, 1.807) is 0 Å². The summed E-state index contributed by atoms with van der Waals surface area (Å²) in [5.74, 6) is 0. The first-order valence-corrected chi connectivity index (χ1v) is 5.22. The van der Waals surface area contributed by atoms with Crippen molar-refractivity contribution in [2.24, 2.45) is 0 Å². The number of nitrogens with zero attached hydrogens (tertiary/aromatic N) is 2. The molecule has 0 amide bonds. The number of hydrogen-bond acceptors (Lipinski definition) is 3. The zero-order valence-corrected chi connectivity index (χ0v) is 12.3. The molecule has 0 aliphatic carbocycles. The Labute approximate surface area is 122 Å². The molecule has 1 atom stereocenters. The standard InChI is InChI=1S/C11H17N3.3ClH/c1-10(11-2-4-12-5-3-11)14-8-6-13-7-9-14;;;/h2-5,10,13H,6-9H2,1H3;3*1H. The summed E-state index contributed by atoms with van der Waals surface area (Å²) in [6, 6.07) is 4.72. The van der Waals surface area contributed by atoms with E-state index < -0.39 is 0 Å². The van der Waals surface area contributed by atoms with Crippen molar-refractivity contribution in [3.8, 4) is 0 Å². The molecule has 1 aromatic heterocycles. The van der Waals surface area contributed by atoms with Crippen LogP contribution in [0.2, 0.25) is 0 Å². The molecule has 1 aliphatic heterocycles. The Morgan fingerprint density at radius 3 is 2.18 bits per heavy atom. The molecule has 2 heterocycles. The molecule has 0 spiro atoms. The van der Waals surface area contributed by atoms with E-state index in [1.165, 1.54) is 5.56 Å². The van der Waals surface area contributed by atoms with Crippen molar-refractivity contribution >= 4 is 37.2 Å². The van der Waals surface area contributed by atoms with Gasteiger partial charge < -0.3 is 5.32 Å². The number of nitrogens with one attached hydrogen (secondary N) is 1. The maximum absolute atomic E-state index is 4.04. The average Bonchev–Trinajstić information content (AvgIpc) is 2.30. The molecule has 0 bridgehead atoms. The van der Waals surface area contributed by atoms with Crippen LogP contribution in [0.1, 0.15) is 18.5 Å². The molecular weight excluding hydrogens is 281 g/mol. The molecule has 2 rings (SSSR count). The highest BCUT2D eigenvalue weighted by molar-refractivity contribution is 5.86. The highest BCUT2D eigenvalue weighted by Gasteiger charge is 2.17. The van der Waals surface area contributed by atoms with Crippen molar-refractivity contribution in [2.45, 2.75) is 13.0 Å². The lowest BCUT2D eigenvalue weighted by Crippen LogP contribution is -2.44. The summed E-state index contributed by atoms with van der Waals surface area (Å²) in [5.41, 5.74) is 1.36. The average molecular weight is 301 g/mol. The van der Waals surface area contributed by atoms with Gasteiger partial charge in [0.05, 0.1) is 0 Å². The predicted molar refractivity (Wildman–Crippen MR) is 78.8 cm³/mol. The van der Waals surface area contributed by atoms with E-state index in [-0.39, 0.29) is 37.2 Å². The predicted octanol–water partition coefficient (Wildman–Crippen LogP) is 2.31. The van der Waals surface area contributed by atoms with Crippen molar-refractivity contribution in [1.82, 2.24) is 15.2 Å². The number of aromatic nitrogens is 1. The van der Waals surface area contributed by atoms with Gasteiger partial charge in [-0.1, -0.05) is 0 Å². The Bertz CT molecular complexity index is 279. The van der Waals surface area contributed by atoms with Gasteiger partial charge in [0.1, 0.15) is 0 Å². The van der Waals surface area contributed by atoms with Crippen molar-refractivity contribution < 1.29 is 0 Å². The summed E-state index contributed by atoms with van der Waals surface area (Å²) in [4.78, 5) is 6.55. The van der Waals surface area contributed by atoms with Crippen LogP contribution in [0.15, 0.2) is 24.5 Å². The largest absolute Gasteiger partial charge is 0.314 e. The molecule has 17 heavy (non-hydrogen) atoms. The first-order chi connectivity index (χ1) is 6.88. The lowest BCUT2D eigenvalue weighted by Gasteiger charge is -2.32. The van der Waals surface area contributed by atoms with Gasteiger partial charge in [0.15, 0.2) is 0 Å². The van der Waals surface area contributed by atoms with Crippen LogP contribution < -0.4 is 5.32 Å². The topological polar surface area (TPSA) is 28.2 Å². The van der Waals surface area contributed by atoms with Gasteiger partial charge in [-0.2, -0.15) is 0 Å². The summed E-state index contributed by atoms with van der Waals surface area (Å²) >= 11 is 0. The molecular formula is C11H20Cl3N3. The number of halogens is 3. The van der Waals surface area contributed by atoms with E-state index in [9.17, 15) is 0 Å². The molecule has 0 aromatic carbocycles. The van der Waals surface area contributed by atoms with E-state index in [4.69, 9.17) is 0 Å². The van der Waals surface area contributed by atoms with Crippen LogP contribution in [0, 0.1) is 0 Å². The van der Waals surface area contributed by atoms with Gasteiger partial charge in [-0.15, -0.1) is 37.2 Å². The van der Waals surface area contributed by atoms with Crippen LogP contribution in [0.4, 0.5) is 0 Å². The van der Waals surface area contributed by atoms with Crippen LogP contribution in [0.3, 0.4) is 0 Å². The second-order valence-corrected chi connectivity index (χ2v) is 3.74. The lowest BCUT2D eigenvalue weighted by molar-refractivity contribution is 0.185. The number of pyridine rings is 1. The summed E-state index contributed by atoms with van der Waals surface area (Å²) < 4.78 is 0. The number of rotatable bonds is 2. The first-order valence-electron chi connectivity index (χ1n) is 5.22. The Balaban J connectivity index is 0. The Morgan fingerprint density at radius 1 is 1.12 bits per heavy atom. The fraction of sp³-hybridized carbons (Fsp3) is 0.545. The molecule has 0 saturated carbocycles. The summed E-state index contributed by atoms with van der Waals surface area (Å²) in [5, 5.41) is 3.37. The second-order valence-electron chi connectivity index (χ2n) is 3.74. The Morgan fingerprint density at radius 2 is 1.65 bits per heavy atom. The normalized spacial score (nSPS) is 17.0. The van der Waals surface area contributed by atoms with Gasteiger partial charge >= 0.3 is 0 Å². The second kappa shape index (κ2) is 9.92. The van der Waals surface area contributed by atoms with Gasteiger partial charge in [-0.3, -0.25) is 9.88 Å². The maximum Gasteiger partial charge on any atom is 0.0322 e. The highest BCUT2D eigenvalue weighted by Crippen LogP contribution is 2.18. The molecule has 1 aliphatic rings. The van der Waals surface area contributed by atoms with Gasteiger partial charge in [-0.05, 0) is 24.6 Å². The molecule has 1 N–H and O–H groups in total. The van der Waals surface area contributed by atoms with E-state index >= 15 is 0 Å². The van der Waals surface area contributed by atoms with Crippen LogP contribution in [0.5, 0.6) is 0 Å². The summed E-state index contributed by atoms with van der Waals surface area (Å²) in [6.07, 6.45) is 3.74. The molecule has 1 unspecified atom stereocenters. The Kier molecular flexibility index (Phi) is 11.3. The van der Waals surface area contributed by atoms with Crippen LogP contribution in [0.25, 0.3) is 0 Å². The SMILES string of the molecule is CC(c1ccncc1)N1CCNCC1.Cl.Cl.Cl. The van der Waals surface area contributed by atoms with Crippen molar-refractivity contribution in [1.29, 1.82) is 0 Å². The molecule has 1 fully saturated rings. The lowest BCUT2D eigenvalue weighted by atomic mass is 10.1. The summed E-state index contributed by atoms with van der Waals surface area (Å²) in [7, 11) is 0. The third-order valence-corrected chi connectivity index (χ3v) is 2.89. The van der Waals surface area contributed by atoms with Crippen molar-refractivity contribution in [3.05, 3.63) is 30.1 Å². The third kappa shape index (κ3) is 5.40. The van der Waals surface area contributed by atoms with Crippen molar-refractivity contribution in [2.75, 3.05) is 26.2 Å². The molecule has 1 aromatic rings. The first kappa shape index (κ1) is 19.3. The van der Waals surface area contributed by atoms with Gasteiger partial charge in [-0.25, -0.2) is 0 Å². The fourth-order valence-corrected chi connectivity index (χ4v) is 1.92. The van der Waals surface area contributed by atoms with E-state index in [1.807, 2.05) is 12.4 Å². The van der Waals surface area contributed by atoms with Crippen molar-refractivity contribution in [3.63, 3.8) is 0 Å². The van der Waals surface area contributed by atoms with E-state index in [0.717, 1.165) is 26.2 Å². The zero-order chi connectivity index (χ0) is 9.80. The zero-order valence-electron chi connectivity index (χ0n) is 9.83. The van der Waals surface area contributed by atoms with E-state index in [0.29, 0.717) is 6.04 Å². The molecule has 3 nitrogen and oxygen atoms in total. The monoisotopic (exact) mass is 299 g/mol. The van der Waals surface area contributed by atoms with Gasteiger partial charge in [0.2, 0.25) is 0 Å². The molecule has 1 saturated heterocycles. The van der Waals surface area contributed by atoms with Crippen LogP contribution in [-0.4, -0.2) is 36.1 Å². The highest BCUT2D eigenvalue weighted by atomic mass is 35.5. The Hall–Kier alpha value is -0.0600. The quantitative estimate of drug-likeness (QED) is 0.908. The number of piperazine rings is 1. The summed E-state index contributed by atoms with van der Waals surface area (Å²) in [6.45, 7) is 6.76. The minimum Gasteiger partial charge on any atom is -0.314 e. The smallest absolute Gasteiger partial charge is 0.0322 e. The van der Waals surface area contributed by atoms with Gasteiger partial charge in [0.25, 0.3) is 0 Å². The minimum atomic E-state index is 0. The minimum absolute atomic E-state index is 0. The van der Waals surface area contributed by atoms with E-state index in [2.05, 4.69) is 34.3 Å². The number of hydrogen-bond donors (Lipinski definition) is 1.